The van der Waals surface area contributed by atoms with Crippen molar-refractivity contribution in [2.75, 3.05) is 12.8 Å². The van der Waals surface area contributed by atoms with Crippen LogP contribution in [0.15, 0.2) is 12.4 Å². The molecule has 0 aromatic carbocycles. The maximum atomic E-state index is 12.2. The van der Waals surface area contributed by atoms with E-state index in [4.69, 9.17) is 5.73 Å². The van der Waals surface area contributed by atoms with Gasteiger partial charge < -0.3 is 10.6 Å². The van der Waals surface area contributed by atoms with Crippen LogP contribution in [0.25, 0.3) is 0 Å². The van der Waals surface area contributed by atoms with Crippen molar-refractivity contribution >= 4 is 11.7 Å². The van der Waals surface area contributed by atoms with Crippen molar-refractivity contribution in [2.24, 2.45) is 7.05 Å². The van der Waals surface area contributed by atoms with Crippen molar-refractivity contribution in [3.05, 3.63) is 29.2 Å². The number of hydrogen-bond acceptors (Lipinski definition) is 4. The zero-order valence-electron chi connectivity index (χ0n) is 12.3. The number of amides is 1. The molecule has 1 amide bonds. The minimum absolute atomic E-state index is 0.0178. The predicted molar refractivity (Wildman–Crippen MR) is 75.8 cm³/mol. The van der Waals surface area contributed by atoms with E-state index in [1.54, 1.807) is 33.7 Å². The number of likely N-dealkylation sites (N-methyl/N-ethyl adjacent to an activating group) is 1. The number of nitrogens with zero attached hydrogens (tertiary/aromatic N) is 5. The Bertz CT molecular complexity index is 607. The highest BCUT2D eigenvalue weighted by Crippen LogP contribution is 2.10. The predicted octanol–water partition coefficient (Wildman–Crippen LogP) is 0.474. The number of carbonyl (C=O) groups is 1. The second-order valence-corrected chi connectivity index (χ2v) is 5.02. The summed E-state index contributed by atoms with van der Waals surface area (Å²) in [5, 5.41) is 8.26. The average molecular weight is 276 g/mol. The molecule has 0 saturated carbocycles. The summed E-state index contributed by atoms with van der Waals surface area (Å²) in [4.78, 5) is 13.8. The molecule has 0 unspecified atom stereocenters. The molecule has 7 heteroatoms. The number of carbonyl (C=O) groups excluding carboxylic acids is 1. The van der Waals surface area contributed by atoms with Crippen LogP contribution in [0.4, 0.5) is 5.82 Å². The molecular formula is C13H20N6O. The van der Waals surface area contributed by atoms with Gasteiger partial charge in [0.1, 0.15) is 12.4 Å². The Hall–Kier alpha value is -2.31. The largest absolute Gasteiger partial charge is 0.382 e. The molecule has 0 spiro atoms. The third kappa shape index (κ3) is 2.81. The van der Waals surface area contributed by atoms with Gasteiger partial charge in [-0.05, 0) is 13.8 Å². The monoisotopic (exact) mass is 276 g/mol. The highest BCUT2D eigenvalue weighted by molar-refractivity contribution is 5.75. The third-order valence-corrected chi connectivity index (χ3v) is 3.45. The normalized spacial score (nSPS) is 10.8. The summed E-state index contributed by atoms with van der Waals surface area (Å²) in [6.45, 7) is 4.58. The minimum atomic E-state index is -0.0178. The number of aromatic nitrogens is 4. The van der Waals surface area contributed by atoms with Crippen molar-refractivity contribution in [1.82, 2.24) is 24.5 Å². The summed E-state index contributed by atoms with van der Waals surface area (Å²) in [6.07, 6.45) is 3.56. The number of nitrogens with two attached hydrogens (primary N) is 1. The van der Waals surface area contributed by atoms with E-state index in [2.05, 4.69) is 10.2 Å². The van der Waals surface area contributed by atoms with Gasteiger partial charge >= 0.3 is 0 Å². The second-order valence-electron chi connectivity index (χ2n) is 5.02. The van der Waals surface area contributed by atoms with Gasteiger partial charge in [-0.15, -0.1) is 0 Å². The Morgan fingerprint density at radius 1 is 1.45 bits per heavy atom. The molecule has 2 rings (SSSR count). The van der Waals surface area contributed by atoms with Crippen molar-refractivity contribution in [3.63, 3.8) is 0 Å². The Morgan fingerprint density at radius 3 is 2.65 bits per heavy atom. The minimum Gasteiger partial charge on any atom is -0.382 e. The summed E-state index contributed by atoms with van der Waals surface area (Å²) < 4.78 is 3.37. The topological polar surface area (TPSA) is 82.0 Å². The summed E-state index contributed by atoms with van der Waals surface area (Å²) in [7, 11) is 3.66. The van der Waals surface area contributed by atoms with Crippen LogP contribution >= 0.6 is 0 Å². The van der Waals surface area contributed by atoms with Crippen LogP contribution in [0.3, 0.4) is 0 Å². The molecule has 2 N–H and O–H groups in total. The van der Waals surface area contributed by atoms with E-state index in [-0.39, 0.29) is 12.5 Å². The molecule has 0 aliphatic heterocycles. The molecule has 2 heterocycles. The molecule has 0 saturated heterocycles. The van der Waals surface area contributed by atoms with Crippen molar-refractivity contribution < 1.29 is 4.79 Å². The van der Waals surface area contributed by atoms with Crippen LogP contribution in [0.5, 0.6) is 0 Å². The van der Waals surface area contributed by atoms with Gasteiger partial charge in [0, 0.05) is 43.7 Å². The number of aryl methyl sites for hydroxylation is 2. The van der Waals surface area contributed by atoms with Gasteiger partial charge in [-0.25, -0.2) is 0 Å². The molecule has 7 nitrogen and oxygen atoms in total. The van der Waals surface area contributed by atoms with Gasteiger partial charge in [0.05, 0.1) is 6.20 Å². The second kappa shape index (κ2) is 5.36. The van der Waals surface area contributed by atoms with Gasteiger partial charge in [0.25, 0.3) is 0 Å². The van der Waals surface area contributed by atoms with Gasteiger partial charge in [-0.1, -0.05) is 0 Å². The number of hydrogen-bond donors (Lipinski definition) is 1. The molecule has 0 fully saturated rings. The zero-order chi connectivity index (χ0) is 14.9. The van der Waals surface area contributed by atoms with Crippen molar-refractivity contribution in [1.29, 1.82) is 0 Å². The van der Waals surface area contributed by atoms with Crippen LogP contribution in [0, 0.1) is 13.8 Å². The summed E-state index contributed by atoms with van der Waals surface area (Å²) in [6, 6.07) is 0. The quantitative estimate of drug-likeness (QED) is 0.880. The lowest BCUT2D eigenvalue weighted by atomic mass is 10.2. The van der Waals surface area contributed by atoms with Crippen LogP contribution in [0.1, 0.15) is 16.8 Å². The van der Waals surface area contributed by atoms with Gasteiger partial charge in [-0.2, -0.15) is 10.2 Å². The highest BCUT2D eigenvalue weighted by atomic mass is 16.2. The number of rotatable bonds is 4. The SMILES string of the molecule is Cc1cn(CC(=O)N(C)Cc2cnn(C)c2C)nc1N. The molecule has 0 aliphatic rings. The first kappa shape index (κ1) is 14.1. The molecule has 0 atom stereocenters. The fourth-order valence-electron chi connectivity index (χ4n) is 1.92. The van der Waals surface area contributed by atoms with E-state index < -0.39 is 0 Å². The smallest absolute Gasteiger partial charge is 0.244 e. The van der Waals surface area contributed by atoms with Crippen LogP contribution in [-0.2, 0) is 24.9 Å². The molecule has 108 valence electrons. The average Bonchev–Trinajstić information content (AvgIpc) is 2.86. The van der Waals surface area contributed by atoms with E-state index in [0.29, 0.717) is 12.4 Å². The summed E-state index contributed by atoms with van der Waals surface area (Å²) in [5.74, 6) is 0.444. The van der Waals surface area contributed by atoms with E-state index in [0.717, 1.165) is 16.8 Å². The van der Waals surface area contributed by atoms with Crippen molar-refractivity contribution in [3.8, 4) is 0 Å². The first-order chi connectivity index (χ1) is 9.38. The van der Waals surface area contributed by atoms with E-state index in [1.807, 2.05) is 20.9 Å². The molecule has 0 radical (unpaired) electrons. The van der Waals surface area contributed by atoms with Gasteiger partial charge in [-0.3, -0.25) is 14.2 Å². The molecule has 20 heavy (non-hydrogen) atoms. The number of anilines is 1. The number of nitrogen functional groups attached to an aromatic ring is 1. The molecule has 0 aliphatic carbocycles. The Kier molecular flexibility index (Phi) is 3.78. The lowest BCUT2D eigenvalue weighted by Gasteiger charge is -2.16. The van der Waals surface area contributed by atoms with Crippen LogP contribution in [-0.4, -0.2) is 37.4 Å². The first-order valence-electron chi connectivity index (χ1n) is 6.39. The van der Waals surface area contributed by atoms with Gasteiger partial charge in [0.2, 0.25) is 5.91 Å². The van der Waals surface area contributed by atoms with Crippen LogP contribution < -0.4 is 5.73 Å². The maximum absolute atomic E-state index is 12.2. The molecular weight excluding hydrogens is 256 g/mol. The third-order valence-electron chi connectivity index (χ3n) is 3.45. The molecule has 2 aromatic rings. The summed E-state index contributed by atoms with van der Waals surface area (Å²) in [5.41, 5.74) is 8.65. The fourth-order valence-corrected chi connectivity index (χ4v) is 1.92. The van der Waals surface area contributed by atoms with Gasteiger partial charge in [0.15, 0.2) is 0 Å². The van der Waals surface area contributed by atoms with Crippen molar-refractivity contribution in [2.45, 2.75) is 26.9 Å². The van der Waals surface area contributed by atoms with E-state index >= 15 is 0 Å². The standard InChI is InChI=1S/C13H20N6O/c1-9-6-19(16-13(9)14)8-12(20)17(3)7-11-5-15-18(4)10(11)2/h5-6H,7-8H2,1-4H3,(H2,14,16). The maximum Gasteiger partial charge on any atom is 0.244 e. The molecule has 2 aromatic heterocycles. The molecule has 0 bridgehead atoms. The van der Waals surface area contributed by atoms with E-state index in [1.165, 1.54) is 0 Å². The van der Waals surface area contributed by atoms with E-state index in [9.17, 15) is 4.79 Å². The Morgan fingerprint density at radius 2 is 2.15 bits per heavy atom. The zero-order valence-corrected chi connectivity index (χ0v) is 12.3. The first-order valence-corrected chi connectivity index (χ1v) is 6.39. The fraction of sp³-hybridized carbons (Fsp3) is 0.462. The lowest BCUT2D eigenvalue weighted by molar-refractivity contribution is -0.131. The highest BCUT2D eigenvalue weighted by Gasteiger charge is 2.14. The Labute approximate surface area is 118 Å². The lowest BCUT2D eigenvalue weighted by Crippen LogP contribution is -2.30. The summed E-state index contributed by atoms with van der Waals surface area (Å²) >= 11 is 0. The Balaban J connectivity index is 2.00. The van der Waals surface area contributed by atoms with Crippen LogP contribution in [0.2, 0.25) is 0 Å².